The fourth-order valence-corrected chi connectivity index (χ4v) is 2.53. The number of nitrogens with two attached hydrogens (primary N) is 1. The molecule has 0 aromatic heterocycles. The molecule has 0 heterocycles. The summed E-state index contributed by atoms with van der Waals surface area (Å²) in [5.74, 6) is -1.17. The molecule has 0 unspecified atom stereocenters. The van der Waals surface area contributed by atoms with Gasteiger partial charge in [-0.15, -0.1) is 0 Å². The van der Waals surface area contributed by atoms with Gasteiger partial charge in [0.15, 0.2) is 0 Å². The van der Waals surface area contributed by atoms with E-state index in [0.717, 1.165) is 11.1 Å². The van der Waals surface area contributed by atoms with E-state index in [4.69, 9.17) is 10.8 Å². The number of nitrogens with one attached hydrogen (secondary N) is 1. The SMILES string of the molecule is NCc1ccc(CNS(=O)(=O)CCCC(=O)O)cc1. The van der Waals surface area contributed by atoms with E-state index < -0.39 is 16.0 Å². The van der Waals surface area contributed by atoms with E-state index in [1.54, 1.807) is 0 Å². The molecule has 0 aliphatic rings. The summed E-state index contributed by atoms with van der Waals surface area (Å²) in [6.07, 6.45) is -0.0388. The number of hydrogen-bond acceptors (Lipinski definition) is 4. The van der Waals surface area contributed by atoms with Crippen molar-refractivity contribution in [3.8, 4) is 0 Å². The standard InChI is InChI=1S/C12H18N2O4S/c13-8-10-3-5-11(6-4-10)9-14-19(17,18)7-1-2-12(15)16/h3-6,14H,1-2,7-9,13H2,(H,15,16). The lowest BCUT2D eigenvalue weighted by atomic mass is 10.1. The van der Waals surface area contributed by atoms with Gasteiger partial charge in [0.25, 0.3) is 0 Å². The van der Waals surface area contributed by atoms with Crippen LogP contribution in [0, 0.1) is 0 Å². The zero-order chi connectivity index (χ0) is 14.3. The van der Waals surface area contributed by atoms with Crippen LogP contribution in [-0.2, 0) is 27.9 Å². The maximum absolute atomic E-state index is 11.6. The highest BCUT2D eigenvalue weighted by Crippen LogP contribution is 2.04. The second-order valence-corrected chi connectivity index (χ2v) is 6.08. The quantitative estimate of drug-likeness (QED) is 0.642. The van der Waals surface area contributed by atoms with Crippen LogP contribution in [0.25, 0.3) is 0 Å². The summed E-state index contributed by atoms with van der Waals surface area (Å²) in [5, 5.41) is 8.44. The Labute approximate surface area is 112 Å². The average molecular weight is 286 g/mol. The molecule has 4 N–H and O–H groups in total. The predicted octanol–water partition coefficient (Wildman–Crippen LogP) is 0.429. The molecule has 0 saturated heterocycles. The average Bonchev–Trinajstić information content (AvgIpc) is 2.36. The van der Waals surface area contributed by atoms with Crippen LogP contribution in [0.4, 0.5) is 0 Å². The number of hydrogen-bond donors (Lipinski definition) is 3. The van der Waals surface area contributed by atoms with Crippen molar-refractivity contribution in [1.82, 2.24) is 4.72 Å². The molecule has 1 aromatic carbocycles. The van der Waals surface area contributed by atoms with Crippen LogP contribution in [0.1, 0.15) is 24.0 Å². The van der Waals surface area contributed by atoms with Crippen LogP contribution >= 0.6 is 0 Å². The Bertz CT molecular complexity index is 511. The number of carbonyl (C=O) groups is 1. The predicted molar refractivity (Wildman–Crippen MR) is 71.8 cm³/mol. The van der Waals surface area contributed by atoms with Gasteiger partial charge in [-0.3, -0.25) is 4.79 Å². The van der Waals surface area contributed by atoms with E-state index in [0.29, 0.717) is 6.54 Å². The third-order valence-electron chi connectivity index (χ3n) is 2.56. The van der Waals surface area contributed by atoms with Gasteiger partial charge in [0.1, 0.15) is 0 Å². The van der Waals surface area contributed by atoms with Gasteiger partial charge < -0.3 is 10.8 Å². The molecule has 0 radical (unpaired) electrons. The fraction of sp³-hybridized carbons (Fsp3) is 0.417. The van der Waals surface area contributed by atoms with Gasteiger partial charge in [-0.2, -0.15) is 0 Å². The van der Waals surface area contributed by atoms with Crippen LogP contribution in [0.3, 0.4) is 0 Å². The number of carboxylic acid groups (broad SMARTS) is 1. The van der Waals surface area contributed by atoms with E-state index in [2.05, 4.69) is 4.72 Å². The van der Waals surface area contributed by atoms with Gasteiger partial charge in [0, 0.05) is 19.5 Å². The normalized spacial score (nSPS) is 11.4. The van der Waals surface area contributed by atoms with Crippen LogP contribution in [0.15, 0.2) is 24.3 Å². The third kappa shape index (κ3) is 6.32. The highest BCUT2D eigenvalue weighted by atomic mass is 32.2. The Kier molecular flexibility index (Phi) is 5.94. The minimum absolute atomic E-state index is 0.108. The van der Waals surface area contributed by atoms with E-state index in [1.807, 2.05) is 24.3 Å². The molecule has 19 heavy (non-hydrogen) atoms. The number of carboxylic acids is 1. The number of sulfonamides is 1. The maximum atomic E-state index is 11.6. The van der Waals surface area contributed by atoms with E-state index >= 15 is 0 Å². The Morgan fingerprint density at radius 1 is 1.21 bits per heavy atom. The summed E-state index contributed by atoms with van der Waals surface area (Å²) >= 11 is 0. The van der Waals surface area contributed by atoms with Crippen LogP contribution in [0.2, 0.25) is 0 Å². The largest absolute Gasteiger partial charge is 0.481 e. The zero-order valence-electron chi connectivity index (χ0n) is 10.5. The minimum Gasteiger partial charge on any atom is -0.481 e. The van der Waals surface area contributed by atoms with Crippen molar-refractivity contribution in [2.75, 3.05) is 5.75 Å². The molecule has 0 spiro atoms. The van der Waals surface area contributed by atoms with Gasteiger partial charge in [-0.1, -0.05) is 24.3 Å². The molecule has 0 aliphatic heterocycles. The second-order valence-electron chi connectivity index (χ2n) is 4.16. The van der Waals surface area contributed by atoms with Crippen molar-refractivity contribution >= 4 is 16.0 Å². The van der Waals surface area contributed by atoms with Crippen molar-refractivity contribution in [1.29, 1.82) is 0 Å². The van der Waals surface area contributed by atoms with E-state index in [-0.39, 0.29) is 25.1 Å². The first-order valence-corrected chi connectivity index (χ1v) is 7.55. The van der Waals surface area contributed by atoms with Crippen LogP contribution in [-0.4, -0.2) is 25.2 Å². The van der Waals surface area contributed by atoms with Gasteiger partial charge in [0.2, 0.25) is 10.0 Å². The molecule has 0 bridgehead atoms. The lowest BCUT2D eigenvalue weighted by Gasteiger charge is -2.06. The van der Waals surface area contributed by atoms with Gasteiger partial charge in [-0.25, -0.2) is 13.1 Å². The molecule has 1 aromatic rings. The summed E-state index contributed by atoms with van der Waals surface area (Å²) < 4.78 is 25.6. The fourth-order valence-electron chi connectivity index (χ4n) is 1.47. The Hall–Kier alpha value is -1.44. The molecular formula is C12H18N2O4S. The minimum atomic E-state index is -3.43. The highest BCUT2D eigenvalue weighted by molar-refractivity contribution is 7.89. The molecule has 106 valence electrons. The first-order valence-electron chi connectivity index (χ1n) is 5.90. The summed E-state index contributed by atoms with van der Waals surface area (Å²) in [5.41, 5.74) is 7.28. The first-order chi connectivity index (χ1) is 8.93. The van der Waals surface area contributed by atoms with Crippen molar-refractivity contribution in [3.63, 3.8) is 0 Å². The highest BCUT2D eigenvalue weighted by Gasteiger charge is 2.10. The van der Waals surface area contributed by atoms with Crippen molar-refractivity contribution in [2.45, 2.75) is 25.9 Å². The smallest absolute Gasteiger partial charge is 0.303 e. The summed E-state index contributed by atoms with van der Waals surface area (Å²) in [6.45, 7) is 0.640. The van der Waals surface area contributed by atoms with E-state index in [9.17, 15) is 13.2 Å². The third-order valence-corrected chi connectivity index (χ3v) is 3.97. The summed E-state index contributed by atoms with van der Waals surface area (Å²) in [4.78, 5) is 10.3. The first kappa shape index (κ1) is 15.6. The molecule has 0 atom stereocenters. The Morgan fingerprint density at radius 2 is 1.79 bits per heavy atom. The van der Waals surface area contributed by atoms with Crippen molar-refractivity contribution in [2.24, 2.45) is 5.73 Å². The van der Waals surface area contributed by atoms with Gasteiger partial charge >= 0.3 is 5.97 Å². The maximum Gasteiger partial charge on any atom is 0.303 e. The topological polar surface area (TPSA) is 109 Å². The van der Waals surface area contributed by atoms with Gasteiger partial charge in [-0.05, 0) is 17.5 Å². The molecule has 0 aliphatic carbocycles. The number of benzene rings is 1. The van der Waals surface area contributed by atoms with Crippen molar-refractivity contribution < 1.29 is 18.3 Å². The lowest BCUT2D eigenvalue weighted by Crippen LogP contribution is -2.26. The Morgan fingerprint density at radius 3 is 2.32 bits per heavy atom. The molecule has 6 nitrogen and oxygen atoms in total. The van der Waals surface area contributed by atoms with Crippen LogP contribution in [0.5, 0.6) is 0 Å². The zero-order valence-corrected chi connectivity index (χ0v) is 11.3. The molecule has 0 fully saturated rings. The monoisotopic (exact) mass is 286 g/mol. The number of rotatable bonds is 8. The lowest BCUT2D eigenvalue weighted by molar-refractivity contribution is -0.137. The molecular weight excluding hydrogens is 268 g/mol. The van der Waals surface area contributed by atoms with Gasteiger partial charge in [0.05, 0.1) is 5.75 Å². The van der Waals surface area contributed by atoms with E-state index in [1.165, 1.54) is 0 Å². The molecule has 0 saturated carbocycles. The summed E-state index contributed by atoms with van der Waals surface area (Å²) in [6, 6.07) is 7.30. The molecule has 1 rings (SSSR count). The number of aliphatic carboxylic acids is 1. The van der Waals surface area contributed by atoms with Crippen molar-refractivity contribution in [3.05, 3.63) is 35.4 Å². The van der Waals surface area contributed by atoms with Crippen LogP contribution < -0.4 is 10.5 Å². The second kappa shape index (κ2) is 7.22. The molecule has 0 amide bonds. The summed E-state index contributed by atoms with van der Waals surface area (Å²) in [7, 11) is -3.43. The molecule has 7 heteroatoms. The Balaban J connectivity index is 2.43.